The number of nitrogens with one attached hydrogen (secondary N) is 1. The molecule has 0 bridgehead atoms. The molecule has 1 heterocycles. The van der Waals surface area contributed by atoms with Crippen molar-refractivity contribution in [3.05, 3.63) is 41.5 Å². The number of ether oxygens (including phenoxy) is 2. The fourth-order valence-electron chi connectivity index (χ4n) is 4.78. The molecule has 2 fully saturated rings. The second kappa shape index (κ2) is 8.33. The van der Waals surface area contributed by atoms with Crippen molar-refractivity contribution in [2.24, 2.45) is 5.92 Å². The van der Waals surface area contributed by atoms with Gasteiger partial charge < -0.3 is 14.8 Å². The number of alkyl carbamates (subject to hydrolysis) is 1. The van der Waals surface area contributed by atoms with Gasteiger partial charge in [0.15, 0.2) is 0 Å². The van der Waals surface area contributed by atoms with Gasteiger partial charge in [0.05, 0.1) is 11.6 Å². The number of carbonyl (C=O) groups is 1. The number of halogens is 5. The number of rotatable bonds is 5. The van der Waals surface area contributed by atoms with E-state index in [0.717, 1.165) is 0 Å². The molecule has 0 spiro atoms. The fraction of sp³-hybridized carbons (Fsp3) is 0.542. The highest BCUT2D eigenvalue weighted by Gasteiger charge is 2.42. The Morgan fingerprint density at radius 2 is 1.79 bits per heavy atom. The number of fused-ring (bicyclic) bond motifs is 1. The van der Waals surface area contributed by atoms with Crippen LogP contribution >= 0.6 is 0 Å². The topological polar surface area (TPSA) is 47.6 Å². The Morgan fingerprint density at radius 3 is 2.36 bits per heavy atom. The van der Waals surface area contributed by atoms with Gasteiger partial charge in [0.2, 0.25) is 0 Å². The maximum atomic E-state index is 14.1. The van der Waals surface area contributed by atoms with Gasteiger partial charge in [-0.2, -0.15) is 13.2 Å². The lowest BCUT2D eigenvalue weighted by Gasteiger charge is -2.33. The molecule has 180 valence electrons. The summed E-state index contributed by atoms with van der Waals surface area (Å²) in [5.74, 6) is -3.82. The smallest absolute Gasteiger partial charge is 0.420 e. The highest BCUT2D eigenvalue weighted by atomic mass is 19.4. The van der Waals surface area contributed by atoms with Crippen molar-refractivity contribution in [2.75, 3.05) is 6.61 Å². The Morgan fingerprint density at radius 1 is 1.09 bits per heavy atom. The molecule has 1 N–H and O–H groups in total. The summed E-state index contributed by atoms with van der Waals surface area (Å²) in [6.07, 6.45) is -5.04. The molecular formula is C24H26F5NO3. The summed E-state index contributed by atoms with van der Waals surface area (Å²) >= 11 is 0. The van der Waals surface area contributed by atoms with Crippen LogP contribution in [0.25, 0.3) is 10.8 Å². The van der Waals surface area contributed by atoms with E-state index in [0.29, 0.717) is 10.9 Å². The SMILES string of the molecule is CCC(F)(F)C1CCC(Oc2ccc3cc(C4(C)COC(=O)N4)ccc3c2C(F)(F)F)CC1. The molecule has 9 heteroatoms. The minimum absolute atomic E-state index is 0.0243. The zero-order valence-corrected chi connectivity index (χ0v) is 18.4. The Kier molecular flexibility index (Phi) is 5.95. The van der Waals surface area contributed by atoms with Gasteiger partial charge in [0, 0.05) is 12.3 Å². The highest BCUT2D eigenvalue weighted by Crippen LogP contribution is 2.44. The van der Waals surface area contributed by atoms with Crippen LogP contribution in [0.1, 0.15) is 57.1 Å². The summed E-state index contributed by atoms with van der Waals surface area (Å²) in [6, 6.07) is 7.33. The molecule has 1 aliphatic carbocycles. The highest BCUT2D eigenvalue weighted by molar-refractivity contribution is 5.89. The third-order valence-electron chi connectivity index (χ3n) is 6.81. The summed E-state index contributed by atoms with van der Waals surface area (Å²) in [6.45, 7) is 3.25. The second-order valence-electron chi connectivity index (χ2n) is 9.11. The molecule has 4 nitrogen and oxygen atoms in total. The molecule has 0 radical (unpaired) electrons. The third kappa shape index (κ3) is 4.59. The average Bonchev–Trinajstić information content (AvgIpc) is 3.12. The second-order valence-corrected chi connectivity index (χ2v) is 9.11. The molecule has 1 aliphatic heterocycles. The summed E-state index contributed by atoms with van der Waals surface area (Å²) in [5, 5.41) is 3.00. The van der Waals surface area contributed by atoms with E-state index < -0.39 is 41.3 Å². The van der Waals surface area contributed by atoms with Gasteiger partial charge in [-0.25, -0.2) is 13.6 Å². The molecule has 0 aromatic heterocycles. The number of carbonyl (C=O) groups excluding carboxylic acids is 1. The maximum Gasteiger partial charge on any atom is 0.420 e. The van der Waals surface area contributed by atoms with Crippen molar-refractivity contribution < 1.29 is 36.2 Å². The maximum absolute atomic E-state index is 14.1. The van der Waals surface area contributed by atoms with Crippen LogP contribution in [0, 0.1) is 5.92 Å². The lowest BCUT2D eigenvalue weighted by Crippen LogP contribution is -2.37. The van der Waals surface area contributed by atoms with Gasteiger partial charge >= 0.3 is 12.3 Å². The van der Waals surface area contributed by atoms with Crippen LogP contribution in [0.15, 0.2) is 30.3 Å². The molecule has 2 aliphatic rings. The predicted molar refractivity (Wildman–Crippen MR) is 112 cm³/mol. The van der Waals surface area contributed by atoms with E-state index in [9.17, 15) is 26.7 Å². The Balaban J connectivity index is 1.61. The quantitative estimate of drug-likeness (QED) is 0.488. The van der Waals surface area contributed by atoms with Gasteiger partial charge in [0.25, 0.3) is 5.92 Å². The number of hydrogen-bond donors (Lipinski definition) is 1. The number of amides is 1. The van der Waals surface area contributed by atoms with Gasteiger partial charge in [-0.05, 0) is 61.1 Å². The number of benzene rings is 2. The fourth-order valence-corrected chi connectivity index (χ4v) is 4.78. The average molecular weight is 471 g/mol. The lowest BCUT2D eigenvalue weighted by atomic mass is 9.82. The zero-order valence-electron chi connectivity index (χ0n) is 18.4. The number of alkyl halides is 5. The number of cyclic esters (lactones) is 1. The summed E-state index contributed by atoms with van der Waals surface area (Å²) in [7, 11) is 0. The zero-order chi connectivity index (χ0) is 24.0. The molecule has 4 rings (SSSR count). The van der Waals surface area contributed by atoms with Crippen molar-refractivity contribution >= 4 is 16.9 Å². The van der Waals surface area contributed by atoms with Gasteiger partial charge in [-0.15, -0.1) is 0 Å². The first-order chi connectivity index (χ1) is 15.4. The monoisotopic (exact) mass is 471 g/mol. The van der Waals surface area contributed by atoms with E-state index in [4.69, 9.17) is 9.47 Å². The van der Waals surface area contributed by atoms with Crippen molar-refractivity contribution in [1.82, 2.24) is 5.32 Å². The molecule has 1 saturated heterocycles. The Bertz CT molecular complexity index is 1050. The number of hydrogen-bond acceptors (Lipinski definition) is 3. The Labute approximate surface area is 188 Å². The van der Waals surface area contributed by atoms with Crippen molar-refractivity contribution in [3.63, 3.8) is 0 Å². The van der Waals surface area contributed by atoms with Crippen LogP contribution < -0.4 is 10.1 Å². The van der Waals surface area contributed by atoms with Gasteiger partial charge in [-0.3, -0.25) is 0 Å². The standard InChI is InChI=1S/C24H26F5NO3/c1-3-23(25,26)15-5-8-17(9-6-15)33-19-11-4-14-12-16(22(2)13-32-21(31)30-22)7-10-18(14)20(19)24(27,28)29/h4,7,10-12,15,17H,3,5-6,8-9,13H2,1-2H3,(H,30,31). The van der Waals surface area contributed by atoms with Crippen LogP contribution in [0.3, 0.4) is 0 Å². The van der Waals surface area contributed by atoms with Gasteiger partial charge in [-0.1, -0.05) is 25.1 Å². The first kappa shape index (κ1) is 23.6. The third-order valence-corrected chi connectivity index (χ3v) is 6.81. The van der Waals surface area contributed by atoms with E-state index in [1.54, 1.807) is 19.1 Å². The predicted octanol–water partition coefficient (Wildman–Crippen LogP) is 6.80. The first-order valence-corrected chi connectivity index (χ1v) is 11.1. The molecule has 1 unspecified atom stereocenters. The van der Waals surface area contributed by atoms with Gasteiger partial charge in [0.1, 0.15) is 17.9 Å². The van der Waals surface area contributed by atoms with Crippen molar-refractivity contribution in [1.29, 1.82) is 0 Å². The minimum atomic E-state index is -4.67. The lowest BCUT2D eigenvalue weighted by molar-refractivity contribution is -0.138. The largest absolute Gasteiger partial charge is 0.490 e. The van der Waals surface area contributed by atoms with Crippen LogP contribution in [-0.2, 0) is 16.5 Å². The molecule has 2 aromatic carbocycles. The van der Waals surface area contributed by atoms with E-state index >= 15 is 0 Å². The van der Waals surface area contributed by atoms with E-state index in [2.05, 4.69) is 5.32 Å². The normalized spacial score (nSPS) is 26.2. The molecule has 33 heavy (non-hydrogen) atoms. The molecular weight excluding hydrogens is 445 g/mol. The molecule has 2 aromatic rings. The van der Waals surface area contributed by atoms with Crippen molar-refractivity contribution in [3.8, 4) is 5.75 Å². The van der Waals surface area contributed by atoms with Crippen LogP contribution in [0.2, 0.25) is 0 Å². The molecule has 1 amide bonds. The van der Waals surface area contributed by atoms with Crippen LogP contribution in [0.5, 0.6) is 5.75 Å². The van der Waals surface area contributed by atoms with E-state index in [1.165, 1.54) is 25.1 Å². The van der Waals surface area contributed by atoms with E-state index in [1.807, 2.05) is 0 Å². The molecule has 1 saturated carbocycles. The van der Waals surface area contributed by atoms with Crippen LogP contribution in [-0.4, -0.2) is 24.7 Å². The summed E-state index contributed by atoms with van der Waals surface area (Å²) in [4.78, 5) is 11.5. The first-order valence-electron chi connectivity index (χ1n) is 11.1. The van der Waals surface area contributed by atoms with Crippen molar-refractivity contribution in [2.45, 2.75) is 69.7 Å². The summed E-state index contributed by atoms with van der Waals surface area (Å²) in [5.41, 5.74) is -1.10. The summed E-state index contributed by atoms with van der Waals surface area (Å²) < 4.78 is 80.8. The van der Waals surface area contributed by atoms with Crippen LogP contribution in [0.4, 0.5) is 26.7 Å². The van der Waals surface area contributed by atoms with E-state index in [-0.39, 0.29) is 49.8 Å². The minimum Gasteiger partial charge on any atom is -0.490 e. The molecule has 1 atom stereocenters. The Hall–Kier alpha value is -2.58.